The molecule has 7 heteroatoms. The van der Waals surface area contributed by atoms with Crippen molar-refractivity contribution in [3.63, 3.8) is 0 Å². The predicted octanol–water partition coefficient (Wildman–Crippen LogP) is 4.78. The van der Waals surface area contributed by atoms with Gasteiger partial charge >= 0.3 is 0 Å². The van der Waals surface area contributed by atoms with E-state index in [1.165, 1.54) is 19.5 Å². The smallest absolute Gasteiger partial charge is 0.249 e. The molecular formula is C21H18Cl2N2O3. The summed E-state index contributed by atoms with van der Waals surface area (Å²) in [6, 6.07) is 13.1. The maximum absolute atomic E-state index is 12.1. The second-order valence-electron chi connectivity index (χ2n) is 5.95. The summed E-state index contributed by atoms with van der Waals surface area (Å²) in [6.45, 7) is 0.357. The van der Waals surface area contributed by atoms with Gasteiger partial charge in [0.15, 0.2) is 11.5 Å². The van der Waals surface area contributed by atoms with Crippen LogP contribution in [0, 0.1) is 0 Å². The highest BCUT2D eigenvalue weighted by Gasteiger charge is 2.24. The summed E-state index contributed by atoms with van der Waals surface area (Å²) in [4.78, 5) is 16.1. The number of hydrogen-bond donors (Lipinski definition) is 1. The Morgan fingerprint density at radius 1 is 1.04 bits per heavy atom. The molecule has 0 aliphatic heterocycles. The lowest BCUT2D eigenvalue weighted by Gasteiger charge is -2.19. The van der Waals surface area contributed by atoms with Gasteiger partial charge in [-0.25, -0.2) is 0 Å². The van der Waals surface area contributed by atoms with Crippen molar-refractivity contribution in [2.24, 2.45) is 5.73 Å². The number of amides is 1. The monoisotopic (exact) mass is 416 g/mol. The number of pyridine rings is 1. The van der Waals surface area contributed by atoms with Crippen molar-refractivity contribution in [2.75, 3.05) is 13.7 Å². The number of hydrogen-bond acceptors (Lipinski definition) is 4. The maximum atomic E-state index is 12.1. The molecule has 0 aliphatic carbocycles. The highest BCUT2D eigenvalue weighted by molar-refractivity contribution is 6.39. The Bertz CT molecular complexity index is 974. The summed E-state index contributed by atoms with van der Waals surface area (Å²) in [5, 5.41) is 0.548. The van der Waals surface area contributed by atoms with E-state index in [0.717, 1.165) is 5.56 Å². The summed E-state index contributed by atoms with van der Waals surface area (Å²) < 4.78 is 11.5. The molecule has 1 aromatic heterocycles. The number of nitrogens with two attached hydrogens (primary N) is 1. The lowest BCUT2D eigenvalue weighted by Crippen LogP contribution is -2.14. The minimum Gasteiger partial charge on any atom is -0.493 e. The number of nitrogens with zero attached hydrogens (tertiary/aromatic N) is 1. The van der Waals surface area contributed by atoms with E-state index < -0.39 is 5.91 Å². The average molecular weight is 417 g/mol. The van der Waals surface area contributed by atoms with Crippen LogP contribution < -0.4 is 15.2 Å². The molecule has 1 amide bonds. The Morgan fingerprint density at radius 3 is 2.32 bits per heavy atom. The third-order valence-corrected chi connectivity index (χ3v) is 4.76. The van der Waals surface area contributed by atoms with Crippen LogP contribution in [0.4, 0.5) is 0 Å². The molecule has 0 saturated heterocycles. The summed E-state index contributed by atoms with van der Waals surface area (Å²) in [7, 11) is 1.52. The Kier molecular flexibility index (Phi) is 6.39. The first-order valence-electron chi connectivity index (χ1n) is 8.49. The zero-order valence-electron chi connectivity index (χ0n) is 15.1. The number of primary amides is 1. The first kappa shape index (κ1) is 20.0. The number of carbonyl (C=O) groups excluding carboxylic acids is 1. The molecule has 2 aromatic carbocycles. The first-order chi connectivity index (χ1) is 13.5. The van der Waals surface area contributed by atoms with E-state index in [1.54, 1.807) is 12.1 Å². The Hall–Kier alpha value is -2.76. The van der Waals surface area contributed by atoms with Gasteiger partial charge in [0, 0.05) is 29.9 Å². The van der Waals surface area contributed by atoms with E-state index in [1.807, 2.05) is 30.3 Å². The summed E-state index contributed by atoms with van der Waals surface area (Å²) >= 11 is 12.7. The highest BCUT2D eigenvalue weighted by Crippen LogP contribution is 2.45. The molecule has 3 aromatic rings. The molecule has 5 nitrogen and oxygen atoms in total. The normalized spacial score (nSPS) is 10.5. The zero-order valence-corrected chi connectivity index (χ0v) is 16.6. The van der Waals surface area contributed by atoms with Gasteiger partial charge in [0.1, 0.15) is 0 Å². The lowest BCUT2D eigenvalue weighted by molar-refractivity contribution is 0.100. The van der Waals surface area contributed by atoms with Crippen molar-refractivity contribution in [1.29, 1.82) is 0 Å². The molecule has 0 spiro atoms. The maximum Gasteiger partial charge on any atom is 0.249 e. The average Bonchev–Trinajstić information content (AvgIpc) is 2.69. The van der Waals surface area contributed by atoms with Crippen molar-refractivity contribution in [3.05, 3.63) is 76.0 Å². The molecule has 1 heterocycles. The molecule has 3 rings (SSSR count). The van der Waals surface area contributed by atoms with Gasteiger partial charge in [-0.1, -0.05) is 53.5 Å². The van der Waals surface area contributed by atoms with Crippen LogP contribution in [0.3, 0.4) is 0 Å². The van der Waals surface area contributed by atoms with Crippen molar-refractivity contribution < 1.29 is 14.3 Å². The number of rotatable bonds is 7. The fourth-order valence-corrected chi connectivity index (χ4v) is 3.44. The van der Waals surface area contributed by atoms with Crippen LogP contribution in [-0.4, -0.2) is 24.6 Å². The van der Waals surface area contributed by atoms with E-state index in [0.29, 0.717) is 35.7 Å². The van der Waals surface area contributed by atoms with E-state index in [9.17, 15) is 4.79 Å². The van der Waals surface area contributed by atoms with Crippen molar-refractivity contribution in [1.82, 2.24) is 4.98 Å². The van der Waals surface area contributed by atoms with Crippen LogP contribution in [0.5, 0.6) is 11.5 Å². The number of methoxy groups -OCH3 is 1. The number of ether oxygens (including phenoxy) is 2. The van der Waals surface area contributed by atoms with Gasteiger partial charge < -0.3 is 15.2 Å². The SMILES string of the molecule is COc1ccc(C(N)=O)c(-c2c(Cl)cncc2Cl)c1OCCc1ccccc1. The Balaban J connectivity index is 2.08. The molecule has 144 valence electrons. The van der Waals surface area contributed by atoms with Gasteiger partial charge in [0.25, 0.3) is 0 Å². The van der Waals surface area contributed by atoms with Gasteiger partial charge in [-0.05, 0) is 17.7 Å². The second-order valence-corrected chi connectivity index (χ2v) is 6.76. The van der Waals surface area contributed by atoms with Crippen molar-refractivity contribution >= 4 is 29.1 Å². The lowest BCUT2D eigenvalue weighted by atomic mass is 9.98. The molecule has 0 fully saturated rings. The molecule has 0 saturated carbocycles. The van der Waals surface area contributed by atoms with Crippen molar-refractivity contribution in [3.8, 4) is 22.6 Å². The standard InChI is InChI=1S/C21H18Cl2N2O3/c1-27-17-8-7-14(21(24)26)18(19-15(22)11-25-12-16(19)23)20(17)28-10-9-13-5-3-2-4-6-13/h2-8,11-12H,9-10H2,1H3,(H2,24,26). The van der Waals surface area contributed by atoms with E-state index in [2.05, 4.69) is 4.98 Å². The topological polar surface area (TPSA) is 74.4 Å². The second kappa shape index (κ2) is 8.95. The number of halogens is 2. The van der Waals surface area contributed by atoms with E-state index >= 15 is 0 Å². The van der Waals surface area contributed by atoms with Gasteiger partial charge in [0.2, 0.25) is 5.91 Å². The third-order valence-electron chi connectivity index (χ3n) is 4.19. The fraction of sp³-hybridized carbons (Fsp3) is 0.143. The first-order valence-corrected chi connectivity index (χ1v) is 9.25. The number of aromatic nitrogens is 1. The van der Waals surface area contributed by atoms with Gasteiger partial charge in [-0.2, -0.15) is 0 Å². The molecule has 2 N–H and O–H groups in total. The molecule has 0 aliphatic rings. The third kappa shape index (κ3) is 4.21. The Morgan fingerprint density at radius 2 is 1.71 bits per heavy atom. The minimum absolute atomic E-state index is 0.227. The summed E-state index contributed by atoms with van der Waals surface area (Å²) in [6.07, 6.45) is 3.56. The number of benzene rings is 2. The Labute approximate surface area is 173 Å². The van der Waals surface area contributed by atoms with Crippen LogP contribution in [0.2, 0.25) is 10.0 Å². The molecule has 0 atom stereocenters. The highest BCUT2D eigenvalue weighted by atomic mass is 35.5. The minimum atomic E-state index is -0.630. The molecule has 0 bridgehead atoms. The van der Waals surface area contributed by atoms with Crippen LogP contribution in [0.15, 0.2) is 54.9 Å². The van der Waals surface area contributed by atoms with Crippen LogP contribution in [-0.2, 0) is 6.42 Å². The van der Waals surface area contributed by atoms with Gasteiger partial charge in [0.05, 0.1) is 29.3 Å². The summed E-state index contributed by atoms with van der Waals surface area (Å²) in [5.74, 6) is 0.163. The van der Waals surface area contributed by atoms with E-state index in [4.69, 9.17) is 38.4 Å². The molecule has 0 radical (unpaired) electrons. The quantitative estimate of drug-likeness (QED) is 0.600. The molecule has 28 heavy (non-hydrogen) atoms. The molecule has 0 unspecified atom stereocenters. The molecular weight excluding hydrogens is 399 g/mol. The van der Waals surface area contributed by atoms with Crippen LogP contribution in [0.1, 0.15) is 15.9 Å². The zero-order chi connectivity index (χ0) is 20.1. The number of carbonyl (C=O) groups is 1. The van der Waals surface area contributed by atoms with E-state index in [-0.39, 0.29) is 15.6 Å². The fourth-order valence-electron chi connectivity index (χ4n) is 2.89. The summed E-state index contributed by atoms with van der Waals surface area (Å²) in [5.41, 5.74) is 7.75. The van der Waals surface area contributed by atoms with Crippen LogP contribution >= 0.6 is 23.2 Å². The largest absolute Gasteiger partial charge is 0.493 e. The van der Waals surface area contributed by atoms with Gasteiger partial charge in [-0.3, -0.25) is 9.78 Å². The van der Waals surface area contributed by atoms with Crippen molar-refractivity contribution in [2.45, 2.75) is 6.42 Å². The predicted molar refractivity (Wildman–Crippen MR) is 110 cm³/mol. The van der Waals surface area contributed by atoms with Crippen LogP contribution in [0.25, 0.3) is 11.1 Å². The van der Waals surface area contributed by atoms with Gasteiger partial charge in [-0.15, -0.1) is 0 Å².